The lowest BCUT2D eigenvalue weighted by molar-refractivity contribution is 0.205. The molecule has 2 aromatic rings. The Morgan fingerprint density at radius 1 is 1.10 bits per heavy atom. The second-order valence-corrected chi connectivity index (χ2v) is 4.99. The predicted octanol–water partition coefficient (Wildman–Crippen LogP) is 3.51. The molecule has 0 bridgehead atoms. The van der Waals surface area contributed by atoms with Crippen molar-refractivity contribution in [3.05, 3.63) is 64.5 Å². The Hall–Kier alpha value is -2.01. The van der Waals surface area contributed by atoms with E-state index in [1.807, 2.05) is 6.07 Å². The fourth-order valence-electron chi connectivity index (χ4n) is 2.54. The molecule has 21 heavy (non-hydrogen) atoms. The zero-order valence-electron chi connectivity index (χ0n) is 11.1. The molecule has 0 fully saturated rings. The number of fused-ring (bicyclic) bond motifs is 1. The summed E-state index contributed by atoms with van der Waals surface area (Å²) in [5.41, 5.74) is 1.33. The van der Waals surface area contributed by atoms with Gasteiger partial charge in [0.2, 0.25) is 0 Å². The maximum absolute atomic E-state index is 13.3. The molecule has 2 aromatic carbocycles. The Balaban J connectivity index is 2.05. The Labute approximate surface area is 119 Å². The molecule has 0 aromatic heterocycles. The Morgan fingerprint density at radius 3 is 2.52 bits per heavy atom. The molecule has 0 spiro atoms. The third-order valence-corrected chi connectivity index (χ3v) is 3.58. The lowest BCUT2D eigenvalue weighted by atomic mass is 9.95. The summed E-state index contributed by atoms with van der Waals surface area (Å²) in [5, 5.41) is 10.4. The number of halogens is 3. The van der Waals surface area contributed by atoms with Gasteiger partial charge in [-0.2, -0.15) is 0 Å². The van der Waals surface area contributed by atoms with E-state index in [9.17, 15) is 18.3 Å². The second-order valence-electron chi connectivity index (χ2n) is 4.99. The molecule has 110 valence electrons. The quantitative estimate of drug-likeness (QED) is 0.859. The summed E-state index contributed by atoms with van der Waals surface area (Å²) in [5.74, 6) is -3.65. The van der Waals surface area contributed by atoms with Crippen LogP contribution in [0.1, 0.15) is 29.2 Å². The number of aryl methyl sites for hydroxylation is 1. The average molecular weight is 294 g/mol. The first-order valence-electron chi connectivity index (χ1n) is 6.65. The highest BCUT2D eigenvalue weighted by Gasteiger charge is 2.22. The predicted molar refractivity (Wildman–Crippen MR) is 70.6 cm³/mol. The van der Waals surface area contributed by atoms with Crippen molar-refractivity contribution >= 4 is 0 Å². The summed E-state index contributed by atoms with van der Waals surface area (Å²) in [6.45, 7) is 0.531. The molecule has 0 radical (unpaired) electrons. The number of hydrogen-bond acceptors (Lipinski definition) is 2. The fraction of sp³-hybridized carbons (Fsp3) is 0.250. The van der Waals surface area contributed by atoms with Crippen molar-refractivity contribution < 1.29 is 23.0 Å². The van der Waals surface area contributed by atoms with Gasteiger partial charge >= 0.3 is 0 Å². The van der Waals surface area contributed by atoms with Crippen molar-refractivity contribution in [3.8, 4) is 5.75 Å². The van der Waals surface area contributed by atoms with Gasteiger partial charge in [-0.3, -0.25) is 0 Å². The molecule has 1 N–H and O–H groups in total. The molecule has 0 saturated carbocycles. The van der Waals surface area contributed by atoms with Crippen LogP contribution in [0.2, 0.25) is 0 Å². The van der Waals surface area contributed by atoms with Gasteiger partial charge in [-0.15, -0.1) is 0 Å². The normalized spacial score (nSPS) is 15.2. The Kier molecular flexibility index (Phi) is 3.59. The molecule has 1 atom stereocenters. The summed E-state index contributed by atoms with van der Waals surface area (Å²) >= 11 is 0. The standard InChI is InChI=1S/C16H13F3O2/c17-12-7-10(8-13(18)14(12)19)15(20)11-5-1-3-9-4-2-6-21-16(9)11/h1,3,5,7-8,15,20H,2,4,6H2. The SMILES string of the molecule is OC(c1cc(F)c(F)c(F)c1)c1cccc2c1OCCC2. The van der Waals surface area contributed by atoms with Gasteiger partial charge in [0, 0.05) is 5.56 Å². The van der Waals surface area contributed by atoms with E-state index in [4.69, 9.17) is 4.74 Å². The maximum Gasteiger partial charge on any atom is 0.194 e. The first kappa shape index (κ1) is 13.9. The van der Waals surface area contributed by atoms with Crippen molar-refractivity contribution in [2.75, 3.05) is 6.61 Å². The summed E-state index contributed by atoms with van der Waals surface area (Å²) in [4.78, 5) is 0. The number of hydrogen-bond donors (Lipinski definition) is 1. The van der Waals surface area contributed by atoms with Crippen LogP contribution in [0.3, 0.4) is 0 Å². The summed E-state index contributed by atoms with van der Waals surface area (Å²) < 4.78 is 45.1. The number of para-hydroxylation sites is 1. The van der Waals surface area contributed by atoms with Crippen LogP contribution < -0.4 is 4.74 Å². The van der Waals surface area contributed by atoms with Gasteiger partial charge in [-0.1, -0.05) is 18.2 Å². The van der Waals surface area contributed by atoms with Crippen LogP contribution in [0, 0.1) is 17.5 Å². The monoisotopic (exact) mass is 294 g/mol. The van der Waals surface area contributed by atoms with E-state index < -0.39 is 23.6 Å². The lowest BCUT2D eigenvalue weighted by Crippen LogP contribution is -2.13. The molecule has 1 aliphatic rings. The van der Waals surface area contributed by atoms with E-state index >= 15 is 0 Å². The Morgan fingerprint density at radius 2 is 1.81 bits per heavy atom. The smallest absolute Gasteiger partial charge is 0.194 e. The topological polar surface area (TPSA) is 29.5 Å². The van der Waals surface area contributed by atoms with Gasteiger partial charge in [0.1, 0.15) is 11.9 Å². The molecule has 1 aliphatic heterocycles. The highest BCUT2D eigenvalue weighted by molar-refractivity contribution is 5.47. The largest absolute Gasteiger partial charge is 0.493 e. The number of aliphatic hydroxyl groups is 1. The van der Waals surface area contributed by atoms with Gasteiger partial charge in [0.05, 0.1) is 6.61 Å². The van der Waals surface area contributed by atoms with Crippen LogP contribution >= 0.6 is 0 Å². The van der Waals surface area contributed by atoms with Crippen LogP contribution in [-0.4, -0.2) is 11.7 Å². The highest BCUT2D eigenvalue weighted by atomic mass is 19.2. The van der Waals surface area contributed by atoms with Crippen molar-refractivity contribution in [2.45, 2.75) is 18.9 Å². The molecule has 1 unspecified atom stereocenters. The third-order valence-electron chi connectivity index (χ3n) is 3.58. The van der Waals surface area contributed by atoms with Crippen LogP contribution in [0.15, 0.2) is 30.3 Å². The zero-order valence-corrected chi connectivity index (χ0v) is 11.1. The molecule has 0 saturated heterocycles. The molecule has 0 amide bonds. The molecule has 3 rings (SSSR count). The first-order valence-corrected chi connectivity index (χ1v) is 6.65. The lowest BCUT2D eigenvalue weighted by Gasteiger charge is -2.23. The molecular formula is C16H13F3O2. The van der Waals surface area contributed by atoms with Crippen molar-refractivity contribution in [2.24, 2.45) is 0 Å². The average Bonchev–Trinajstić information content (AvgIpc) is 2.51. The van der Waals surface area contributed by atoms with Crippen LogP contribution in [0.5, 0.6) is 5.75 Å². The number of aliphatic hydroxyl groups excluding tert-OH is 1. The maximum atomic E-state index is 13.3. The van der Waals surface area contributed by atoms with E-state index in [0.717, 1.165) is 30.5 Å². The van der Waals surface area contributed by atoms with E-state index in [2.05, 4.69) is 0 Å². The molecular weight excluding hydrogens is 281 g/mol. The molecule has 5 heteroatoms. The van der Waals surface area contributed by atoms with Crippen LogP contribution in [-0.2, 0) is 6.42 Å². The van der Waals surface area contributed by atoms with Crippen molar-refractivity contribution in [3.63, 3.8) is 0 Å². The molecule has 0 aliphatic carbocycles. The minimum absolute atomic E-state index is 0.0472. The van der Waals surface area contributed by atoms with E-state index in [-0.39, 0.29) is 5.56 Å². The van der Waals surface area contributed by atoms with E-state index in [0.29, 0.717) is 17.9 Å². The van der Waals surface area contributed by atoms with Gasteiger partial charge in [-0.25, -0.2) is 13.2 Å². The van der Waals surface area contributed by atoms with E-state index in [1.54, 1.807) is 12.1 Å². The van der Waals surface area contributed by atoms with Crippen LogP contribution in [0.25, 0.3) is 0 Å². The minimum atomic E-state index is -1.54. The molecule has 2 nitrogen and oxygen atoms in total. The second kappa shape index (κ2) is 5.41. The minimum Gasteiger partial charge on any atom is -0.493 e. The summed E-state index contributed by atoms with van der Waals surface area (Å²) in [6.07, 6.45) is 0.427. The van der Waals surface area contributed by atoms with Crippen LogP contribution in [0.4, 0.5) is 13.2 Å². The summed E-state index contributed by atoms with van der Waals surface area (Å²) in [7, 11) is 0. The third kappa shape index (κ3) is 2.49. The first-order chi connectivity index (χ1) is 10.1. The van der Waals surface area contributed by atoms with Crippen molar-refractivity contribution in [1.82, 2.24) is 0 Å². The highest BCUT2D eigenvalue weighted by Crippen LogP contribution is 2.36. The summed E-state index contributed by atoms with van der Waals surface area (Å²) in [6, 6.07) is 6.86. The molecule has 1 heterocycles. The number of rotatable bonds is 2. The fourth-order valence-corrected chi connectivity index (χ4v) is 2.54. The van der Waals surface area contributed by atoms with Gasteiger partial charge in [0.15, 0.2) is 17.5 Å². The van der Waals surface area contributed by atoms with Gasteiger partial charge in [0.25, 0.3) is 0 Å². The number of ether oxygens (including phenoxy) is 1. The zero-order chi connectivity index (χ0) is 15.0. The van der Waals surface area contributed by atoms with E-state index in [1.165, 1.54) is 0 Å². The Bertz CT molecular complexity index is 662. The van der Waals surface area contributed by atoms with Gasteiger partial charge < -0.3 is 9.84 Å². The van der Waals surface area contributed by atoms with Gasteiger partial charge in [-0.05, 0) is 36.1 Å². The number of benzene rings is 2. The van der Waals surface area contributed by atoms with Crippen molar-refractivity contribution in [1.29, 1.82) is 0 Å².